The lowest BCUT2D eigenvalue weighted by atomic mass is 9.61. The zero-order chi connectivity index (χ0) is 30.4. The van der Waals surface area contributed by atoms with Gasteiger partial charge in [-0.3, -0.25) is 4.79 Å². The smallest absolute Gasteiger partial charge is 0.264 e. The van der Waals surface area contributed by atoms with E-state index < -0.39 is 27.3 Å². The number of fused-ring (bicyclic) bond motifs is 4. The second-order valence-electron chi connectivity index (χ2n) is 13.6. The van der Waals surface area contributed by atoms with Crippen molar-refractivity contribution < 1.29 is 23.1 Å². The number of hydrogen-bond acceptors (Lipinski definition) is 6. The molecule has 6 rings (SSSR count). The van der Waals surface area contributed by atoms with Gasteiger partial charge in [0.1, 0.15) is 5.75 Å². The van der Waals surface area contributed by atoms with Gasteiger partial charge in [-0.25, -0.2) is 13.1 Å². The maximum atomic E-state index is 13.5. The van der Waals surface area contributed by atoms with Crippen molar-refractivity contribution in [2.24, 2.45) is 29.1 Å². The minimum absolute atomic E-state index is 0.120. The average Bonchev–Trinajstić information content (AvgIpc) is 3.10. The number of aliphatic hydroxyl groups excluding tert-OH is 1. The highest BCUT2D eigenvalue weighted by molar-refractivity contribution is 7.90. The maximum absolute atomic E-state index is 13.5. The minimum Gasteiger partial charge on any atom is -0.491 e. The molecule has 2 bridgehead atoms. The lowest BCUT2D eigenvalue weighted by molar-refractivity contribution is 0.0414. The van der Waals surface area contributed by atoms with Crippen LogP contribution in [0.2, 0.25) is 0 Å². The number of hydrogen-bond donors (Lipinski definition) is 2. The highest BCUT2D eigenvalue weighted by Crippen LogP contribution is 2.52. The third-order valence-electron chi connectivity index (χ3n) is 10.8. The Kier molecular flexibility index (Phi) is 8.75. The van der Waals surface area contributed by atoms with E-state index in [2.05, 4.69) is 21.8 Å². The van der Waals surface area contributed by atoms with Crippen LogP contribution >= 0.6 is 11.6 Å². The van der Waals surface area contributed by atoms with Gasteiger partial charge in [-0.2, -0.15) is 0 Å². The first-order valence-corrected chi connectivity index (χ1v) is 18.0. The van der Waals surface area contributed by atoms with Gasteiger partial charge in [0, 0.05) is 29.1 Å². The van der Waals surface area contributed by atoms with Crippen molar-refractivity contribution in [2.45, 2.75) is 83.0 Å². The molecule has 1 aromatic carbocycles. The first kappa shape index (κ1) is 30.7. The summed E-state index contributed by atoms with van der Waals surface area (Å²) in [7, 11) is -3.93. The van der Waals surface area contributed by atoms with Gasteiger partial charge in [0.25, 0.3) is 5.91 Å². The Morgan fingerprint density at radius 1 is 1.23 bits per heavy atom. The van der Waals surface area contributed by atoms with E-state index >= 15 is 0 Å². The number of aliphatic hydroxyl groups is 1. The molecular formula is C34H45ClN2O5S. The zero-order valence-electron chi connectivity index (χ0n) is 25.3. The van der Waals surface area contributed by atoms with Crippen LogP contribution in [0, 0.1) is 29.1 Å². The van der Waals surface area contributed by atoms with E-state index in [1.165, 1.54) is 5.57 Å². The molecule has 1 spiro atoms. The van der Waals surface area contributed by atoms with Crippen LogP contribution in [0.15, 0.2) is 53.1 Å². The van der Waals surface area contributed by atoms with Crippen LogP contribution in [0.3, 0.4) is 0 Å². The van der Waals surface area contributed by atoms with Crippen LogP contribution in [0.1, 0.15) is 82.0 Å². The molecule has 1 amide bonds. The largest absolute Gasteiger partial charge is 0.491 e. The van der Waals surface area contributed by atoms with Crippen molar-refractivity contribution in [3.63, 3.8) is 0 Å². The molecular weight excluding hydrogens is 584 g/mol. The summed E-state index contributed by atoms with van der Waals surface area (Å²) in [6.07, 6.45) is 15.2. The molecule has 7 nitrogen and oxygen atoms in total. The van der Waals surface area contributed by atoms with Gasteiger partial charge in [-0.1, -0.05) is 55.7 Å². The Hall–Kier alpha value is -2.29. The second kappa shape index (κ2) is 12.2. The Balaban J connectivity index is 1.39. The Morgan fingerprint density at radius 3 is 2.84 bits per heavy atom. The number of amides is 1. The fourth-order valence-electron chi connectivity index (χ4n) is 8.29. The quantitative estimate of drug-likeness (QED) is 0.371. The van der Waals surface area contributed by atoms with Crippen LogP contribution in [-0.2, 0) is 10.0 Å². The monoisotopic (exact) mass is 628 g/mol. The predicted molar refractivity (Wildman–Crippen MR) is 171 cm³/mol. The summed E-state index contributed by atoms with van der Waals surface area (Å²) in [5, 5.41) is 11.3. The first-order valence-electron chi connectivity index (χ1n) is 16.1. The van der Waals surface area contributed by atoms with Crippen LogP contribution in [0.25, 0.3) is 0 Å². The molecule has 234 valence electrons. The Bertz CT molecular complexity index is 1440. The van der Waals surface area contributed by atoms with E-state index in [0.29, 0.717) is 49.0 Å². The molecule has 0 aromatic heterocycles. The molecule has 2 N–H and O–H groups in total. The third kappa shape index (κ3) is 6.04. The predicted octanol–water partition coefficient (Wildman–Crippen LogP) is 6.34. The normalized spacial score (nSPS) is 36.5. The van der Waals surface area contributed by atoms with E-state index in [0.717, 1.165) is 62.3 Å². The summed E-state index contributed by atoms with van der Waals surface area (Å²) in [6, 6.07) is 5.31. The molecule has 2 saturated carbocycles. The molecule has 2 aliphatic heterocycles. The van der Waals surface area contributed by atoms with E-state index in [1.807, 2.05) is 38.1 Å². The molecule has 1 unspecified atom stereocenters. The minimum atomic E-state index is -3.93. The van der Waals surface area contributed by atoms with Crippen LogP contribution < -0.4 is 14.4 Å². The number of rotatable bonds is 2. The average molecular weight is 629 g/mol. The molecule has 3 aliphatic carbocycles. The lowest BCUT2D eigenvalue weighted by Gasteiger charge is -2.49. The molecule has 9 heteroatoms. The van der Waals surface area contributed by atoms with Gasteiger partial charge in [-0.05, 0) is 99.3 Å². The van der Waals surface area contributed by atoms with Gasteiger partial charge < -0.3 is 14.7 Å². The first-order chi connectivity index (χ1) is 20.6. The number of benzene rings is 1. The van der Waals surface area contributed by atoms with Crippen molar-refractivity contribution in [2.75, 3.05) is 24.6 Å². The molecule has 2 heterocycles. The summed E-state index contributed by atoms with van der Waals surface area (Å²) in [4.78, 5) is 15.9. The molecule has 0 radical (unpaired) electrons. The maximum Gasteiger partial charge on any atom is 0.264 e. The highest BCUT2D eigenvalue weighted by Gasteiger charge is 2.48. The Labute approximate surface area is 261 Å². The summed E-state index contributed by atoms with van der Waals surface area (Å²) < 4.78 is 36.0. The number of nitrogens with zero attached hydrogens (tertiary/aromatic N) is 1. The summed E-state index contributed by atoms with van der Waals surface area (Å²) >= 11 is 6.44. The standard InChI is InChI=1S/C34H45ClN2O5S/c1-3-6-32-22(2)7-4-9-30(38)27-13-10-25(27)19-37-20-34(16-5-8-23-17-26(35)12-14-28(23)34)21-42-31-15-11-24(18-29(31)37)33(39)36-43(32,40)41/h4,9,11-12,15,17-18,22,25,27-28,30,32,38H,3,5-8,10,13-14,16,19-21H2,1-2H3,(H,36,39)/b9-4+/t22-,25-,27+,28?,30-,32+,34-/m0/s1. The van der Waals surface area contributed by atoms with Crippen LogP contribution in [0.5, 0.6) is 5.75 Å². The molecule has 0 saturated heterocycles. The van der Waals surface area contributed by atoms with E-state index in [-0.39, 0.29) is 17.3 Å². The third-order valence-corrected chi connectivity index (χ3v) is 13.1. The highest BCUT2D eigenvalue weighted by atomic mass is 35.5. The van der Waals surface area contributed by atoms with E-state index in [9.17, 15) is 18.3 Å². The summed E-state index contributed by atoms with van der Waals surface area (Å²) in [5.41, 5.74) is 2.41. The number of anilines is 1. The fraction of sp³-hybridized carbons (Fsp3) is 0.618. The molecule has 1 aromatic rings. The number of allylic oxidation sites excluding steroid dienone is 5. The van der Waals surface area contributed by atoms with E-state index in [4.69, 9.17) is 16.3 Å². The van der Waals surface area contributed by atoms with Crippen molar-refractivity contribution in [1.82, 2.24) is 4.72 Å². The molecule has 2 fully saturated rings. The number of halogens is 1. The lowest BCUT2D eigenvalue weighted by Crippen LogP contribution is -2.50. The summed E-state index contributed by atoms with van der Waals surface area (Å²) in [5.74, 6) is 0.677. The number of sulfonamides is 1. The van der Waals surface area contributed by atoms with Crippen molar-refractivity contribution >= 4 is 33.2 Å². The number of carbonyl (C=O) groups excluding carboxylic acids is 1. The molecule has 5 aliphatic rings. The van der Waals surface area contributed by atoms with Crippen molar-refractivity contribution in [1.29, 1.82) is 0 Å². The molecule has 43 heavy (non-hydrogen) atoms. The number of ether oxygens (including phenoxy) is 1. The van der Waals surface area contributed by atoms with Gasteiger partial charge in [0.2, 0.25) is 10.0 Å². The SMILES string of the molecule is CCC[C@@H]1[C@@H](C)C/C=C/[C@H](O)[C@@H]2CC[C@H]2CN2C[C@@]3(CCCC4=CC(Cl)=CCC43)COc3ccc(cc32)C(=O)NS1(=O)=O. The van der Waals surface area contributed by atoms with Gasteiger partial charge >= 0.3 is 0 Å². The van der Waals surface area contributed by atoms with Crippen LogP contribution in [0.4, 0.5) is 5.69 Å². The number of carbonyl (C=O) groups is 1. The number of nitrogens with one attached hydrogen (secondary N) is 1. The zero-order valence-corrected chi connectivity index (χ0v) is 26.9. The van der Waals surface area contributed by atoms with Gasteiger partial charge in [-0.15, -0.1) is 0 Å². The van der Waals surface area contributed by atoms with Crippen LogP contribution in [-0.4, -0.2) is 50.5 Å². The van der Waals surface area contributed by atoms with Gasteiger partial charge in [0.05, 0.1) is 23.6 Å². The Morgan fingerprint density at radius 2 is 2.07 bits per heavy atom. The second-order valence-corrected chi connectivity index (χ2v) is 15.9. The topological polar surface area (TPSA) is 95.9 Å². The molecule has 7 atom stereocenters. The van der Waals surface area contributed by atoms with Gasteiger partial charge in [0.15, 0.2) is 0 Å². The van der Waals surface area contributed by atoms with Crippen molar-refractivity contribution in [3.05, 3.63) is 58.7 Å². The fourth-order valence-corrected chi connectivity index (χ4v) is 10.3. The van der Waals surface area contributed by atoms with Crippen molar-refractivity contribution in [3.8, 4) is 5.75 Å². The van der Waals surface area contributed by atoms with E-state index in [1.54, 1.807) is 6.07 Å². The summed E-state index contributed by atoms with van der Waals surface area (Å²) in [6.45, 7) is 5.94.